The van der Waals surface area contributed by atoms with Crippen molar-refractivity contribution in [2.75, 3.05) is 0 Å². The van der Waals surface area contributed by atoms with Crippen LogP contribution in [0, 0.1) is 0 Å². The lowest BCUT2D eigenvalue weighted by Gasteiger charge is -2.51. The molecule has 0 saturated heterocycles. The standard InChI is InChI=1S/C8Cl2F8/c9-7(17)5(15)1(11)2(12)6(16,8(7,10)18)4(14)3(5)13. The number of allylic oxidation sites excluding steroid dienone is 4. The molecule has 2 bridgehead atoms. The zero-order valence-electron chi connectivity index (χ0n) is 7.78. The topological polar surface area (TPSA) is 0 Å². The summed E-state index contributed by atoms with van der Waals surface area (Å²) >= 11 is 9.08. The van der Waals surface area contributed by atoms with Gasteiger partial charge in [-0.25, -0.2) is 35.1 Å². The van der Waals surface area contributed by atoms with Crippen LogP contribution in [0.5, 0.6) is 0 Å². The summed E-state index contributed by atoms with van der Waals surface area (Å²) in [7, 11) is 0. The van der Waals surface area contributed by atoms with Crippen LogP contribution in [0.2, 0.25) is 0 Å². The van der Waals surface area contributed by atoms with Gasteiger partial charge in [0.05, 0.1) is 0 Å². The van der Waals surface area contributed by atoms with Crippen molar-refractivity contribution in [1.82, 2.24) is 0 Å². The highest BCUT2D eigenvalue weighted by Crippen LogP contribution is 2.71. The quantitative estimate of drug-likeness (QED) is 0.454. The zero-order valence-corrected chi connectivity index (χ0v) is 9.29. The molecule has 0 radical (unpaired) electrons. The van der Waals surface area contributed by atoms with Crippen molar-refractivity contribution in [1.29, 1.82) is 0 Å². The summed E-state index contributed by atoms with van der Waals surface area (Å²) in [4.78, 5) is 0. The SMILES string of the molecule is FC1=C(F)C2(F)C(F)=C(F)C1(F)C(F)(Cl)C2(F)Cl. The number of hydrogen-bond donors (Lipinski definition) is 0. The highest BCUT2D eigenvalue weighted by Gasteiger charge is 2.88. The second-order valence-electron chi connectivity index (χ2n) is 3.72. The van der Waals surface area contributed by atoms with E-state index in [1.165, 1.54) is 0 Å². The normalized spacial score (nSPS) is 52.3. The van der Waals surface area contributed by atoms with Crippen LogP contribution in [0.1, 0.15) is 0 Å². The van der Waals surface area contributed by atoms with Crippen LogP contribution in [0.25, 0.3) is 0 Å². The van der Waals surface area contributed by atoms with Crippen molar-refractivity contribution in [3.63, 3.8) is 0 Å². The van der Waals surface area contributed by atoms with Gasteiger partial charge in [-0.3, -0.25) is 0 Å². The molecule has 3 aliphatic rings. The predicted octanol–water partition coefficient (Wildman–Crippen LogP) is 4.54. The van der Waals surface area contributed by atoms with Crippen LogP contribution in [0.15, 0.2) is 23.3 Å². The van der Waals surface area contributed by atoms with E-state index in [2.05, 4.69) is 23.2 Å². The molecule has 0 aromatic heterocycles. The van der Waals surface area contributed by atoms with Crippen LogP contribution in [-0.4, -0.2) is 21.6 Å². The second kappa shape index (κ2) is 3.15. The minimum Gasteiger partial charge on any atom is -0.223 e. The molecule has 0 N–H and O–H groups in total. The Morgan fingerprint density at radius 3 is 0.889 bits per heavy atom. The van der Waals surface area contributed by atoms with Crippen molar-refractivity contribution in [3.8, 4) is 0 Å². The summed E-state index contributed by atoms with van der Waals surface area (Å²) in [5.74, 6) is -12.2. The van der Waals surface area contributed by atoms with E-state index in [-0.39, 0.29) is 0 Å². The van der Waals surface area contributed by atoms with Gasteiger partial charge in [0.1, 0.15) is 0 Å². The summed E-state index contributed by atoms with van der Waals surface area (Å²) in [6, 6.07) is 0. The van der Waals surface area contributed by atoms with E-state index in [1.54, 1.807) is 0 Å². The summed E-state index contributed by atoms with van der Waals surface area (Å²) in [6.07, 6.45) is 0. The molecule has 0 aromatic rings. The molecular weight excluding hydrogens is 319 g/mol. The Kier molecular flexibility index (Phi) is 2.43. The molecule has 0 heterocycles. The first kappa shape index (κ1) is 13.9. The molecule has 0 aromatic carbocycles. The lowest BCUT2D eigenvalue weighted by molar-refractivity contribution is -0.132. The van der Waals surface area contributed by atoms with Gasteiger partial charge in [0.15, 0.2) is 23.3 Å². The largest absolute Gasteiger partial charge is 0.282 e. The Balaban J connectivity index is 2.99. The van der Waals surface area contributed by atoms with Gasteiger partial charge in [0.25, 0.3) is 21.6 Å². The van der Waals surface area contributed by atoms with Crippen molar-refractivity contribution < 1.29 is 35.1 Å². The van der Waals surface area contributed by atoms with Gasteiger partial charge in [-0.15, -0.1) is 0 Å². The van der Waals surface area contributed by atoms with Gasteiger partial charge in [0, 0.05) is 0 Å². The summed E-state index contributed by atoms with van der Waals surface area (Å²) in [5, 5.41) is -9.84. The third-order valence-electron chi connectivity index (χ3n) is 2.85. The van der Waals surface area contributed by atoms with Crippen molar-refractivity contribution in [2.45, 2.75) is 21.6 Å². The monoisotopic (exact) mass is 318 g/mol. The Bertz CT molecular complexity index is 435. The Hall–Kier alpha value is -0.500. The number of fused-ring (bicyclic) bond motifs is 1. The summed E-state index contributed by atoms with van der Waals surface area (Å²) in [5.41, 5.74) is -10.0. The average molecular weight is 319 g/mol. The van der Waals surface area contributed by atoms with Gasteiger partial charge >= 0.3 is 0 Å². The van der Waals surface area contributed by atoms with E-state index in [4.69, 9.17) is 0 Å². The summed E-state index contributed by atoms with van der Waals surface area (Å²) < 4.78 is 107. The van der Waals surface area contributed by atoms with Gasteiger partial charge in [-0.05, 0) is 0 Å². The fraction of sp³-hybridized carbons (Fsp3) is 0.500. The molecule has 0 aliphatic heterocycles. The molecule has 0 nitrogen and oxygen atoms in total. The molecule has 2 unspecified atom stereocenters. The maximum atomic E-state index is 13.7. The summed E-state index contributed by atoms with van der Waals surface area (Å²) in [6.45, 7) is 0. The number of hydrogen-bond acceptors (Lipinski definition) is 0. The van der Waals surface area contributed by atoms with E-state index in [1.807, 2.05) is 0 Å². The highest BCUT2D eigenvalue weighted by atomic mass is 35.5. The molecule has 18 heavy (non-hydrogen) atoms. The van der Waals surface area contributed by atoms with Gasteiger partial charge in [-0.1, -0.05) is 23.2 Å². The second-order valence-corrected chi connectivity index (χ2v) is 4.76. The average Bonchev–Trinajstić information content (AvgIpc) is 2.29. The minimum atomic E-state index is -5.02. The van der Waals surface area contributed by atoms with Crippen LogP contribution in [0.3, 0.4) is 0 Å². The maximum Gasteiger partial charge on any atom is 0.282 e. The van der Waals surface area contributed by atoms with E-state index >= 15 is 0 Å². The Morgan fingerprint density at radius 1 is 0.556 bits per heavy atom. The van der Waals surface area contributed by atoms with E-state index in [9.17, 15) is 35.1 Å². The Labute approximate surface area is 104 Å². The lowest BCUT2D eigenvalue weighted by atomic mass is 9.70. The van der Waals surface area contributed by atoms with E-state index in [0.29, 0.717) is 0 Å². The van der Waals surface area contributed by atoms with Crippen LogP contribution in [0.4, 0.5) is 35.1 Å². The predicted molar refractivity (Wildman–Crippen MR) is 45.5 cm³/mol. The third kappa shape index (κ3) is 0.952. The first-order chi connectivity index (χ1) is 7.88. The molecular formula is C8Cl2F8. The smallest absolute Gasteiger partial charge is 0.223 e. The van der Waals surface area contributed by atoms with Gasteiger partial charge < -0.3 is 0 Å². The molecule has 102 valence electrons. The first-order valence-electron chi connectivity index (χ1n) is 4.14. The lowest BCUT2D eigenvalue weighted by Crippen LogP contribution is -2.72. The molecule has 0 saturated carbocycles. The molecule has 2 atom stereocenters. The molecule has 0 amide bonds. The first-order valence-corrected chi connectivity index (χ1v) is 4.90. The number of halogens is 10. The van der Waals surface area contributed by atoms with Crippen molar-refractivity contribution in [3.05, 3.63) is 23.3 Å². The van der Waals surface area contributed by atoms with Crippen LogP contribution in [-0.2, 0) is 0 Å². The number of alkyl halides is 6. The molecule has 3 aliphatic carbocycles. The molecule has 0 fully saturated rings. The zero-order chi connectivity index (χ0) is 14.3. The third-order valence-corrected chi connectivity index (χ3v) is 3.99. The molecule has 3 rings (SSSR count). The van der Waals surface area contributed by atoms with Gasteiger partial charge in [-0.2, -0.15) is 0 Å². The molecule has 0 spiro atoms. The fourth-order valence-corrected chi connectivity index (χ4v) is 2.37. The van der Waals surface area contributed by atoms with Crippen molar-refractivity contribution >= 4 is 23.2 Å². The maximum absolute atomic E-state index is 13.7. The Morgan fingerprint density at radius 2 is 0.722 bits per heavy atom. The van der Waals surface area contributed by atoms with E-state index in [0.717, 1.165) is 0 Å². The fourth-order valence-electron chi connectivity index (χ4n) is 1.78. The van der Waals surface area contributed by atoms with Gasteiger partial charge in [0.2, 0.25) is 0 Å². The number of rotatable bonds is 0. The van der Waals surface area contributed by atoms with Crippen LogP contribution < -0.4 is 0 Å². The molecule has 10 heteroatoms. The van der Waals surface area contributed by atoms with E-state index < -0.39 is 44.9 Å². The van der Waals surface area contributed by atoms with Crippen LogP contribution >= 0.6 is 23.2 Å². The van der Waals surface area contributed by atoms with Crippen molar-refractivity contribution in [2.24, 2.45) is 0 Å². The minimum absolute atomic E-state index is 3.05. The highest BCUT2D eigenvalue weighted by molar-refractivity contribution is 6.35.